The van der Waals surface area contributed by atoms with Crippen molar-refractivity contribution < 1.29 is 4.74 Å². The van der Waals surface area contributed by atoms with E-state index in [2.05, 4.69) is 38.2 Å². The maximum atomic E-state index is 5.88. The van der Waals surface area contributed by atoms with Crippen LogP contribution in [0.2, 0.25) is 0 Å². The predicted octanol–water partition coefficient (Wildman–Crippen LogP) is 2.67. The molecule has 0 heterocycles. The molecular weight excluding hydrogens is 238 g/mol. The van der Waals surface area contributed by atoms with Gasteiger partial charge in [0.05, 0.1) is 7.11 Å². The van der Waals surface area contributed by atoms with Crippen LogP contribution in [0.1, 0.15) is 20.3 Å². The van der Waals surface area contributed by atoms with Crippen LogP contribution in [0.25, 0.3) is 0 Å². The summed E-state index contributed by atoms with van der Waals surface area (Å²) in [6.07, 6.45) is 1.12. The van der Waals surface area contributed by atoms with Gasteiger partial charge in [-0.15, -0.1) is 0 Å². The predicted molar refractivity (Wildman–Crippen MR) is 82.8 cm³/mol. The number of nitrogens with one attached hydrogen (secondary N) is 1. The SMILES string of the molecule is COc1cc(N)cc(NC(CC(C)C)CN(C)C)c1. The van der Waals surface area contributed by atoms with Gasteiger partial charge < -0.3 is 20.7 Å². The normalized spacial score (nSPS) is 12.8. The zero-order chi connectivity index (χ0) is 14.4. The molecule has 0 fully saturated rings. The van der Waals surface area contributed by atoms with Gasteiger partial charge >= 0.3 is 0 Å². The van der Waals surface area contributed by atoms with Crippen molar-refractivity contribution in [2.24, 2.45) is 5.92 Å². The van der Waals surface area contributed by atoms with E-state index in [-0.39, 0.29) is 0 Å². The summed E-state index contributed by atoms with van der Waals surface area (Å²) in [6.45, 7) is 5.48. The maximum Gasteiger partial charge on any atom is 0.122 e. The molecule has 19 heavy (non-hydrogen) atoms. The van der Waals surface area contributed by atoms with Crippen molar-refractivity contribution in [1.29, 1.82) is 0 Å². The molecule has 0 amide bonds. The minimum absolute atomic E-state index is 0.404. The summed E-state index contributed by atoms with van der Waals surface area (Å²) in [4.78, 5) is 2.20. The first-order chi connectivity index (χ1) is 8.90. The number of nitrogen functional groups attached to an aromatic ring is 1. The lowest BCUT2D eigenvalue weighted by Gasteiger charge is -2.25. The van der Waals surface area contributed by atoms with E-state index < -0.39 is 0 Å². The van der Waals surface area contributed by atoms with Gasteiger partial charge in [0.15, 0.2) is 0 Å². The summed E-state index contributed by atoms with van der Waals surface area (Å²) in [5, 5.41) is 3.56. The van der Waals surface area contributed by atoms with Crippen molar-refractivity contribution in [3.63, 3.8) is 0 Å². The standard InChI is InChI=1S/C15H27N3O/c1-11(2)6-14(10-18(3)4)17-13-7-12(16)8-15(9-13)19-5/h7-9,11,14,17H,6,10,16H2,1-5H3. The summed E-state index contributed by atoms with van der Waals surface area (Å²) >= 11 is 0. The Morgan fingerprint density at radius 3 is 2.47 bits per heavy atom. The Hall–Kier alpha value is -1.42. The average Bonchev–Trinajstić information content (AvgIpc) is 2.26. The highest BCUT2D eigenvalue weighted by Gasteiger charge is 2.12. The van der Waals surface area contributed by atoms with Gasteiger partial charge in [-0.3, -0.25) is 0 Å². The number of benzene rings is 1. The van der Waals surface area contributed by atoms with Gasteiger partial charge in [0.25, 0.3) is 0 Å². The minimum atomic E-state index is 0.404. The van der Waals surface area contributed by atoms with Crippen molar-refractivity contribution in [3.05, 3.63) is 18.2 Å². The third-order valence-corrected chi connectivity index (χ3v) is 2.88. The number of nitrogens with two attached hydrogens (primary N) is 1. The van der Waals surface area contributed by atoms with E-state index in [0.717, 1.165) is 30.1 Å². The molecule has 1 unspecified atom stereocenters. The Labute approximate surface area is 116 Å². The molecule has 3 N–H and O–H groups in total. The van der Waals surface area contributed by atoms with Crippen molar-refractivity contribution in [2.75, 3.05) is 38.8 Å². The van der Waals surface area contributed by atoms with Crippen molar-refractivity contribution in [3.8, 4) is 5.75 Å². The number of anilines is 2. The van der Waals surface area contributed by atoms with Gasteiger partial charge in [-0.2, -0.15) is 0 Å². The number of hydrogen-bond donors (Lipinski definition) is 2. The fourth-order valence-electron chi connectivity index (χ4n) is 2.25. The zero-order valence-electron chi connectivity index (χ0n) is 12.7. The van der Waals surface area contributed by atoms with Crippen LogP contribution in [-0.4, -0.2) is 38.7 Å². The Morgan fingerprint density at radius 1 is 1.26 bits per heavy atom. The Bertz CT molecular complexity index is 381. The lowest BCUT2D eigenvalue weighted by atomic mass is 10.0. The van der Waals surface area contributed by atoms with Crippen molar-refractivity contribution in [2.45, 2.75) is 26.3 Å². The quantitative estimate of drug-likeness (QED) is 0.744. The zero-order valence-corrected chi connectivity index (χ0v) is 12.7. The fraction of sp³-hybridized carbons (Fsp3) is 0.600. The lowest BCUT2D eigenvalue weighted by Crippen LogP contribution is -2.33. The summed E-state index contributed by atoms with van der Waals surface area (Å²) in [6, 6.07) is 6.17. The van der Waals surface area contributed by atoms with Crippen LogP contribution in [0.4, 0.5) is 11.4 Å². The monoisotopic (exact) mass is 265 g/mol. The largest absolute Gasteiger partial charge is 0.497 e. The van der Waals surface area contributed by atoms with Gasteiger partial charge in [0.1, 0.15) is 5.75 Å². The third kappa shape index (κ3) is 5.83. The van der Waals surface area contributed by atoms with E-state index in [1.54, 1.807) is 7.11 Å². The van der Waals surface area contributed by atoms with Crippen LogP contribution in [0.5, 0.6) is 5.75 Å². The molecule has 108 valence electrons. The number of ether oxygens (including phenoxy) is 1. The van der Waals surface area contributed by atoms with E-state index in [1.165, 1.54) is 0 Å². The molecule has 0 aromatic heterocycles. The highest BCUT2D eigenvalue weighted by atomic mass is 16.5. The third-order valence-electron chi connectivity index (χ3n) is 2.88. The molecule has 0 aliphatic carbocycles. The summed E-state index contributed by atoms with van der Waals surface area (Å²) < 4.78 is 5.25. The molecular formula is C15H27N3O. The average molecular weight is 265 g/mol. The highest BCUT2D eigenvalue weighted by Crippen LogP contribution is 2.23. The first kappa shape index (κ1) is 15.6. The second-order valence-electron chi connectivity index (χ2n) is 5.73. The fourth-order valence-corrected chi connectivity index (χ4v) is 2.25. The van der Waals surface area contributed by atoms with Gasteiger partial charge in [0, 0.05) is 36.1 Å². The second kappa shape index (κ2) is 7.24. The van der Waals surface area contributed by atoms with Crippen molar-refractivity contribution in [1.82, 2.24) is 4.90 Å². The smallest absolute Gasteiger partial charge is 0.122 e. The molecule has 0 saturated carbocycles. The van der Waals surface area contributed by atoms with Gasteiger partial charge in [0.2, 0.25) is 0 Å². The molecule has 1 aromatic carbocycles. The van der Waals surface area contributed by atoms with E-state index >= 15 is 0 Å². The first-order valence-electron chi connectivity index (χ1n) is 6.76. The Morgan fingerprint density at radius 2 is 1.95 bits per heavy atom. The number of hydrogen-bond acceptors (Lipinski definition) is 4. The van der Waals surface area contributed by atoms with Crippen LogP contribution < -0.4 is 15.8 Å². The molecule has 0 radical (unpaired) electrons. The van der Waals surface area contributed by atoms with Gasteiger partial charge in [-0.25, -0.2) is 0 Å². The van der Waals surface area contributed by atoms with Gasteiger partial charge in [-0.05, 0) is 32.5 Å². The summed E-state index contributed by atoms with van der Waals surface area (Å²) in [5.41, 5.74) is 7.62. The van der Waals surface area contributed by atoms with Crippen LogP contribution in [0.3, 0.4) is 0 Å². The Kier molecular flexibility index (Phi) is 5.96. The molecule has 1 rings (SSSR count). The number of rotatable bonds is 7. The molecule has 4 nitrogen and oxygen atoms in total. The molecule has 0 aliphatic heterocycles. The summed E-state index contributed by atoms with van der Waals surface area (Å²) in [5.74, 6) is 1.44. The Balaban J connectivity index is 2.79. The van der Waals surface area contributed by atoms with Crippen molar-refractivity contribution >= 4 is 11.4 Å². The second-order valence-corrected chi connectivity index (χ2v) is 5.73. The minimum Gasteiger partial charge on any atom is -0.497 e. The molecule has 1 aromatic rings. The lowest BCUT2D eigenvalue weighted by molar-refractivity contribution is 0.356. The first-order valence-corrected chi connectivity index (χ1v) is 6.76. The van der Waals surface area contributed by atoms with Crippen LogP contribution >= 0.6 is 0 Å². The molecule has 4 heteroatoms. The van der Waals surface area contributed by atoms with E-state index in [9.17, 15) is 0 Å². The molecule has 0 aliphatic rings. The molecule has 0 saturated heterocycles. The van der Waals surface area contributed by atoms with Crippen LogP contribution in [0.15, 0.2) is 18.2 Å². The van der Waals surface area contributed by atoms with Crippen LogP contribution in [-0.2, 0) is 0 Å². The van der Waals surface area contributed by atoms with Crippen LogP contribution in [0, 0.1) is 5.92 Å². The molecule has 0 spiro atoms. The van der Waals surface area contributed by atoms with E-state index in [1.807, 2.05) is 18.2 Å². The van der Waals surface area contributed by atoms with Gasteiger partial charge in [-0.1, -0.05) is 13.8 Å². The molecule has 1 atom stereocenters. The number of methoxy groups -OCH3 is 1. The van der Waals surface area contributed by atoms with E-state index in [4.69, 9.17) is 10.5 Å². The highest BCUT2D eigenvalue weighted by molar-refractivity contribution is 5.59. The maximum absolute atomic E-state index is 5.88. The molecule has 0 bridgehead atoms. The summed E-state index contributed by atoms with van der Waals surface area (Å²) in [7, 11) is 5.84. The topological polar surface area (TPSA) is 50.5 Å². The number of nitrogens with zero attached hydrogens (tertiary/aromatic N) is 1. The van der Waals surface area contributed by atoms with E-state index in [0.29, 0.717) is 12.0 Å². The number of likely N-dealkylation sites (N-methyl/N-ethyl adjacent to an activating group) is 1.